The van der Waals surface area contributed by atoms with Crippen molar-refractivity contribution in [1.29, 1.82) is 0 Å². The van der Waals surface area contributed by atoms with Crippen molar-refractivity contribution in [3.63, 3.8) is 0 Å². The third kappa shape index (κ3) is 3.14. The van der Waals surface area contributed by atoms with Gasteiger partial charge in [0.05, 0.1) is 11.4 Å². The molecule has 1 aromatic heterocycles. The Morgan fingerprint density at radius 2 is 1.71 bits per heavy atom. The van der Waals surface area contributed by atoms with Crippen LogP contribution in [0, 0.1) is 19.3 Å². The van der Waals surface area contributed by atoms with Gasteiger partial charge in [0.15, 0.2) is 0 Å². The quantitative estimate of drug-likeness (QED) is 0.855. The largest absolute Gasteiger partial charge is 0.350 e. The first-order chi connectivity index (χ1) is 7.96. The van der Waals surface area contributed by atoms with Gasteiger partial charge in [-0.15, -0.1) is 5.10 Å². The van der Waals surface area contributed by atoms with Crippen molar-refractivity contribution >= 4 is 5.95 Å². The van der Waals surface area contributed by atoms with Crippen LogP contribution >= 0.6 is 0 Å². The van der Waals surface area contributed by atoms with Crippen LogP contribution in [-0.4, -0.2) is 21.2 Å². The standard InChI is InChI=1S/C13H22N4/c1-9-10(2)16-17-12(14-9)15-11-5-7-13(3,4)8-6-11/h11H,5-8H2,1-4H3,(H,14,15,17). The number of hydrogen-bond acceptors (Lipinski definition) is 4. The van der Waals surface area contributed by atoms with Gasteiger partial charge in [-0.05, 0) is 44.9 Å². The number of nitrogens with zero attached hydrogens (tertiary/aromatic N) is 3. The lowest BCUT2D eigenvalue weighted by molar-refractivity contribution is 0.232. The van der Waals surface area contributed by atoms with E-state index >= 15 is 0 Å². The van der Waals surface area contributed by atoms with Gasteiger partial charge in [-0.2, -0.15) is 5.10 Å². The first kappa shape index (κ1) is 12.3. The Labute approximate surface area is 103 Å². The summed E-state index contributed by atoms with van der Waals surface area (Å²) >= 11 is 0. The van der Waals surface area contributed by atoms with Crippen LogP contribution in [0.4, 0.5) is 5.95 Å². The lowest BCUT2D eigenvalue weighted by Gasteiger charge is -2.34. The minimum Gasteiger partial charge on any atom is -0.350 e. The molecule has 0 aromatic carbocycles. The molecule has 0 atom stereocenters. The normalized spacial score (nSPS) is 20.2. The molecule has 0 aliphatic heterocycles. The van der Waals surface area contributed by atoms with Gasteiger partial charge >= 0.3 is 0 Å². The van der Waals surface area contributed by atoms with Crippen molar-refractivity contribution in [2.45, 2.75) is 59.4 Å². The Kier molecular flexibility index (Phi) is 3.31. The minimum absolute atomic E-state index is 0.500. The molecule has 0 spiro atoms. The predicted octanol–water partition coefficient (Wildman–Crippen LogP) is 2.87. The fourth-order valence-corrected chi connectivity index (χ4v) is 2.24. The summed E-state index contributed by atoms with van der Waals surface area (Å²) in [6.45, 7) is 8.59. The van der Waals surface area contributed by atoms with Crippen molar-refractivity contribution in [3.05, 3.63) is 11.4 Å². The molecule has 4 heteroatoms. The smallest absolute Gasteiger partial charge is 0.243 e. The molecule has 0 amide bonds. The highest BCUT2D eigenvalue weighted by Gasteiger charge is 2.27. The highest BCUT2D eigenvalue weighted by atomic mass is 15.2. The maximum atomic E-state index is 4.42. The van der Waals surface area contributed by atoms with Crippen molar-refractivity contribution in [3.8, 4) is 0 Å². The topological polar surface area (TPSA) is 50.7 Å². The first-order valence-corrected chi connectivity index (χ1v) is 6.41. The molecule has 1 fully saturated rings. The minimum atomic E-state index is 0.500. The van der Waals surface area contributed by atoms with Gasteiger partial charge in [-0.1, -0.05) is 13.8 Å². The van der Waals surface area contributed by atoms with Crippen molar-refractivity contribution in [2.75, 3.05) is 5.32 Å². The molecule has 4 nitrogen and oxygen atoms in total. The molecule has 0 unspecified atom stereocenters. The molecule has 94 valence electrons. The second-order valence-electron chi connectivity index (χ2n) is 5.89. The summed E-state index contributed by atoms with van der Waals surface area (Å²) in [6, 6.07) is 0.506. The van der Waals surface area contributed by atoms with E-state index in [1.165, 1.54) is 25.7 Å². The maximum Gasteiger partial charge on any atom is 0.243 e. The average Bonchev–Trinajstić information content (AvgIpc) is 2.27. The fourth-order valence-electron chi connectivity index (χ4n) is 2.24. The fraction of sp³-hybridized carbons (Fsp3) is 0.769. The zero-order chi connectivity index (χ0) is 12.5. The van der Waals surface area contributed by atoms with Crippen molar-refractivity contribution in [1.82, 2.24) is 15.2 Å². The molecule has 1 aliphatic rings. The van der Waals surface area contributed by atoms with Crippen LogP contribution in [0.25, 0.3) is 0 Å². The van der Waals surface area contributed by atoms with Gasteiger partial charge in [-0.25, -0.2) is 4.98 Å². The molecule has 0 bridgehead atoms. The van der Waals surface area contributed by atoms with Crippen LogP contribution in [0.3, 0.4) is 0 Å². The van der Waals surface area contributed by atoms with Crippen LogP contribution in [0.15, 0.2) is 0 Å². The van der Waals surface area contributed by atoms with Crippen LogP contribution in [0.5, 0.6) is 0 Å². The molecule has 0 radical (unpaired) electrons. The van der Waals surface area contributed by atoms with Crippen LogP contribution in [-0.2, 0) is 0 Å². The lowest BCUT2D eigenvalue weighted by Crippen LogP contribution is -2.30. The molecular weight excluding hydrogens is 212 g/mol. The zero-order valence-electron chi connectivity index (χ0n) is 11.2. The Morgan fingerprint density at radius 1 is 1.06 bits per heavy atom. The van der Waals surface area contributed by atoms with E-state index in [9.17, 15) is 0 Å². The summed E-state index contributed by atoms with van der Waals surface area (Å²) in [7, 11) is 0. The van der Waals surface area contributed by atoms with Gasteiger partial charge in [0, 0.05) is 6.04 Å². The van der Waals surface area contributed by atoms with Gasteiger partial charge < -0.3 is 5.32 Å². The van der Waals surface area contributed by atoms with Crippen LogP contribution < -0.4 is 5.32 Å². The molecular formula is C13H22N4. The van der Waals surface area contributed by atoms with E-state index < -0.39 is 0 Å². The SMILES string of the molecule is Cc1nnc(NC2CCC(C)(C)CC2)nc1C. The highest BCUT2D eigenvalue weighted by Crippen LogP contribution is 2.35. The Hall–Kier alpha value is -1.19. The molecule has 1 heterocycles. The third-order valence-corrected chi connectivity index (χ3v) is 3.76. The second-order valence-corrected chi connectivity index (χ2v) is 5.89. The van der Waals surface area contributed by atoms with Crippen LogP contribution in [0.2, 0.25) is 0 Å². The summed E-state index contributed by atoms with van der Waals surface area (Å²) in [5.74, 6) is 0.679. The van der Waals surface area contributed by atoms with E-state index in [1.54, 1.807) is 0 Å². The number of rotatable bonds is 2. The Morgan fingerprint density at radius 3 is 2.29 bits per heavy atom. The van der Waals surface area contributed by atoms with E-state index in [2.05, 4.69) is 34.3 Å². The second kappa shape index (κ2) is 4.59. The highest BCUT2D eigenvalue weighted by molar-refractivity contribution is 5.26. The lowest BCUT2D eigenvalue weighted by atomic mass is 9.76. The number of aromatic nitrogens is 3. The van der Waals surface area contributed by atoms with E-state index in [1.807, 2.05) is 13.8 Å². The van der Waals surface area contributed by atoms with Crippen molar-refractivity contribution < 1.29 is 0 Å². The van der Waals surface area contributed by atoms with E-state index in [-0.39, 0.29) is 0 Å². The maximum absolute atomic E-state index is 4.42. The summed E-state index contributed by atoms with van der Waals surface area (Å²) in [5, 5.41) is 11.6. The van der Waals surface area contributed by atoms with E-state index in [0.717, 1.165) is 11.4 Å². The molecule has 2 rings (SSSR count). The molecule has 1 saturated carbocycles. The summed E-state index contributed by atoms with van der Waals surface area (Å²) in [5.41, 5.74) is 2.36. The number of nitrogens with one attached hydrogen (secondary N) is 1. The molecule has 0 saturated heterocycles. The summed E-state index contributed by atoms with van der Waals surface area (Å²) in [6.07, 6.45) is 4.93. The summed E-state index contributed by atoms with van der Waals surface area (Å²) < 4.78 is 0. The molecule has 17 heavy (non-hydrogen) atoms. The first-order valence-electron chi connectivity index (χ1n) is 6.41. The summed E-state index contributed by atoms with van der Waals surface area (Å²) in [4.78, 5) is 4.42. The van der Waals surface area contributed by atoms with Crippen LogP contribution in [0.1, 0.15) is 50.9 Å². The van der Waals surface area contributed by atoms with Crippen molar-refractivity contribution in [2.24, 2.45) is 5.41 Å². The predicted molar refractivity (Wildman–Crippen MR) is 69.0 cm³/mol. The Bertz CT molecular complexity index is 390. The van der Waals surface area contributed by atoms with Gasteiger partial charge in [0.1, 0.15) is 0 Å². The molecule has 1 aromatic rings. The number of anilines is 1. The van der Waals surface area contributed by atoms with Gasteiger partial charge in [-0.3, -0.25) is 0 Å². The number of aryl methyl sites for hydroxylation is 2. The van der Waals surface area contributed by atoms with Gasteiger partial charge in [0.2, 0.25) is 5.95 Å². The zero-order valence-corrected chi connectivity index (χ0v) is 11.2. The monoisotopic (exact) mass is 234 g/mol. The molecule has 1 N–H and O–H groups in total. The average molecular weight is 234 g/mol. The number of hydrogen-bond donors (Lipinski definition) is 1. The Balaban J connectivity index is 1.95. The van der Waals surface area contributed by atoms with E-state index in [4.69, 9.17) is 0 Å². The van der Waals surface area contributed by atoms with Gasteiger partial charge in [0.25, 0.3) is 0 Å². The molecule has 1 aliphatic carbocycles. The third-order valence-electron chi connectivity index (χ3n) is 3.76. The van der Waals surface area contributed by atoms with E-state index in [0.29, 0.717) is 17.4 Å².